The molecule has 1 amide bonds. The molecule has 3 rings (SSSR count). The molecule has 24 heavy (non-hydrogen) atoms. The van der Waals surface area contributed by atoms with Crippen molar-refractivity contribution in [2.45, 2.75) is 19.9 Å². The first-order chi connectivity index (χ1) is 11.5. The van der Waals surface area contributed by atoms with Gasteiger partial charge in [0.1, 0.15) is 5.69 Å². The number of aryl methyl sites for hydroxylation is 1. The van der Waals surface area contributed by atoms with Gasteiger partial charge in [0.05, 0.1) is 0 Å². The zero-order valence-electron chi connectivity index (χ0n) is 14.7. The molecule has 0 bridgehead atoms. The highest BCUT2D eigenvalue weighted by Crippen LogP contribution is 2.23. The number of carbonyl (C=O) groups excluding carboxylic acids is 1. The Morgan fingerprint density at radius 2 is 2.08 bits per heavy atom. The zero-order valence-corrected chi connectivity index (χ0v) is 14.7. The Balaban J connectivity index is 1.62. The molecule has 0 saturated carbocycles. The number of rotatable bonds is 4. The molecule has 2 aromatic rings. The summed E-state index contributed by atoms with van der Waals surface area (Å²) in [5.41, 5.74) is 5.83. The van der Waals surface area contributed by atoms with E-state index in [1.165, 1.54) is 16.7 Å². The molecule has 0 saturated heterocycles. The van der Waals surface area contributed by atoms with Crippen LogP contribution in [0.5, 0.6) is 0 Å². The van der Waals surface area contributed by atoms with Crippen LogP contribution in [0.1, 0.15) is 33.7 Å². The highest BCUT2D eigenvalue weighted by Gasteiger charge is 2.15. The third-order valence-electron chi connectivity index (χ3n) is 4.46. The molecule has 0 fully saturated rings. The van der Waals surface area contributed by atoms with Crippen molar-refractivity contribution in [3.05, 3.63) is 65.0 Å². The Bertz CT molecular complexity index is 758. The number of aromatic amines is 1. The molecule has 0 unspecified atom stereocenters. The molecule has 2 heterocycles. The number of hydrogen-bond donors (Lipinski definition) is 1. The Kier molecular flexibility index (Phi) is 4.86. The van der Waals surface area contributed by atoms with Crippen LogP contribution in [0.25, 0.3) is 5.57 Å². The number of nitrogens with one attached hydrogen (secondary N) is 1. The van der Waals surface area contributed by atoms with Crippen LogP contribution in [0, 0.1) is 6.92 Å². The van der Waals surface area contributed by atoms with E-state index in [9.17, 15) is 4.79 Å². The number of H-pyrrole nitrogens is 1. The Hall–Kier alpha value is -2.33. The van der Waals surface area contributed by atoms with Crippen LogP contribution in [0.3, 0.4) is 0 Å². The third-order valence-corrected chi connectivity index (χ3v) is 4.46. The number of benzene rings is 1. The van der Waals surface area contributed by atoms with Gasteiger partial charge in [-0.1, -0.05) is 35.9 Å². The fraction of sp³-hybridized carbons (Fsp3) is 0.350. The van der Waals surface area contributed by atoms with Gasteiger partial charge >= 0.3 is 0 Å². The molecule has 0 aliphatic carbocycles. The van der Waals surface area contributed by atoms with Crippen molar-refractivity contribution in [1.82, 2.24) is 14.8 Å². The minimum Gasteiger partial charge on any atom is -0.353 e. The highest BCUT2D eigenvalue weighted by atomic mass is 16.2. The number of aromatic nitrogens is 1. The second-order valence-corrected chi connectivity index (χ2v) is 6.68. The standard InChI is InChI=1S/C20H25N3O/c1-15-5-4-6-17(13-15)16-9-11-23(12-10-16)14-18-7-8-19(21-18)20(24)22(2)3/h4-9,13,21H,10-12,14H2,1-3H3. The summed E-state index contributed by atoms with van der Waals surface area (Å²) >= 11 is 0. The normalized spacial score (nSPS) is 15.2. The molecule has 0 spiro atoms. The fourth-order valence-corrected chi connectivity index (χ4v) is 3.10. The summed E-state index contributed by atoms with van der Waals surface area (Å²) in [5, 5.41) is 0. The number of hydrogen-bond acceptors (Lipinski definition) is 2. The summed E-state index contributed by atoms with van der Waals surface area (Å²) in [5.74, 6) is 0.0153. The lowest BCUT2D eigenvalue weighted by Gasteiger charge is -2.26. The van der Waals surface area contributed by atoms with Crippen molar-refractivity contribution < 1.29 is 4.79 Å². The van der Waals surface area contributed by atoms with Gasteiger partial charge in [-0.05, 0) is 36.6 Å². The van der Waals surface area contributed by atoms with Gasteiger partial charge in [0.15, 0.2) is 0 Å². The van der Waals surface area contributed by atoms with E-state index >= 15 is 0 Å². The van der Waals surface area contributed by atoms with E-state index < -0.39 is 0 Å². The summed E-state index contributed by atoms with van der Waals surface area (Å²) in [4.78, 5) is 19.2. The summed E-state index contributed by atoms with van der Waals surface area (Å²) in [7, 11) is 3.54. The first-order valence-electron chi connectivity index (χ1n) is 8.41. The van der Waals surface area contributed by atoms with Gasteiger partial charge in [0.2, 0.25) is 0 Å². The molecule has 0 atom stereocenters. The Morgan fingerprint density at radius 3 is 2.75 bits per heavy atom. The molecular formula is C20H25N3O. The van der Waals surface area contributed by atoms with Crippen molar-refractivity contribution in [3.8, 4) is 0 Å². The summed E-state index contributed by atoms with van der Waals surface area (Å²) in [6.07, 6.45) is 3.39. The average molecular weight is 323 g/mol. The van der Waals surface area contributed by atoms with Crippen LogP contribution >= 0.6 is 0 Å². The van der Waals surface area contributed by atoms with Crippen LogP contribution in [-0.2, 0) is 6.54 Å². The van der Waals surface area contributed by atoms with Crippen LogP contribution in [0.15, 0.2) is 42.5 Å². The lowest BCUT2D eigenvalue weighted by molar-refractivity contribution is 0.0822. The number of carbonyl (C=O) groups is 1. The van der Waals surface area contributed by atoms with Crippen LogP contribution in [0.4, 0.5) is 0 Å². The minimum atomic E-state index is 0.0153. The molecule has 0 radical (unpaired) electrons. The zero-order chi connectivity index (χ0) is 17.1. The van der Waals surface area contributed by atoms with Crippen molar-refractivity contribution in [2.24, 2.45) is 0 Å². The van der Waals surface area contributed by atoms with E-state index in [1.807, 2.05) is 12.1 Å². The number of amides is 1. The maximum atomic E-state index is 11.9. The molecular weight excluding hydrogens is 298 g/mol. The van der Waals surface area contributed by atoms with E-state index in [4.69, 9.17) is 0 Å². The monoisotopic (exact) mass is 323 g/mol. The average Bonchev–Trinajstić information content (AvgIpc) is 3.03. The first kappa shape index (κ1) is 16.5. The molecule has 1 aliphatic heterocycles. The van der Waals surface area contributed by atoms with E-state index in [0.717, 1.165) is 31.7 Å². The van der Waals surface area contributed by atoms with Crippen LogP contribution < -0.4 is 0 Å². The summed E-state index contributed by atoms with van der Waals surface area (Å²) in [6, 6.07) is 12.6. The van der Waals surface area contributed by atoms with Gasteiger partial charge in [0.25, 0.3) is 5.91 Å². The number of nitrogens with zero attached hydrogens (tertiary/aromatic N) is 2. The third kappa shape index (κ3) is 3.77. The molecule has 1 N–H and O–H groups in total. The Labute approximate surface area is 143 Å². The molecule has 1 aromatic heterocycles. The fourth-order valence-electron chi connectivity index (χ4n) is 3.10. The minimum absolute atomic E-state index is 0.0153. The second-order valence-electron chi connectivity index (χ2n) is 6.68. The lowest BCUT2D eigenvalue weighted by atomic mass is 9.98. The smallest absolute Gasteiger partial charge is 0.269 e. The van der Waals surface area contributed by atoms with E-state index in [2.05, 4.69) is 47.1 Å². The predicted octanol–water partition coefficient (Wildman–Crippen LogP) is 3.31. The topological polar surface area (TPSA) is 39.3 Å². The Morgan fingerprint density at radius 1 is 1.25 bits per heavy atom. The van der Waals surface area contributed by atoms with Crippen molar-refractivity contribution >= 4 is 11.5 Å². The van der Waals surface area contributed by atoms with Crippen molar-refractivity contribution in [1.29, 1.82) is 0 Å². The summed E-state index contributed by atoms with van der Waals surface area (Å²) < 4.78 is 0. The second kappa shape index (κ2) is 7.05. The SMILES string of the molecule is Cc1cccc(C2=CCN(Cc3ccc(C(=O)N(C)C)[nH]3)CC2)c1. The molecule has 1 aromatic carbocycles. The van der Waals surface area contributed by atoms with Gasteiger partial charge in [-0.15, -0.1) is 0 Å². The maximum absolute atomic E-state index is 11.9. The molecule has 4 heteroatoms. The molecule has 1 aliphatic rings. The largest absolute Gasteiger partial charge is 0.353 e. The van der Waals surface area contributed by atoms with Gasteiger partial charge in [-0.25, -0.2) is 0 Å². The lowest BCUT2D eigenvalue weighted by Crippen LogP contribution is -2.28. The van der Waals surface area contributed by atoms with Crippen molar-refractivity contribution in [2.75, 3.05) is 27.2 Å². The molecule has 126 valence electrons. The quantitative estimate of drug-likeness (QED) is 0.937. The van der Waals surface area contributed by atoms with Crippen LogP contribution in [0.2, 0.25) is 0 Å². The summed E-state index contributed by atoms with van der Waals surface area (Å²) in [6.45, 7) is 4.96. The highest BCUT2D eigenvalue weighted by molar-refractivity contribution is 5.92. The van der Waals surface area contributed by atoms with Gasteiger partial charge < -0.3 is 9.88 Å². The van der Waals surface area contributed by atoms with E-state index in [0.29, 0.717) is 5.69 Å². The van der Waals surface area contributed by atoms with Crippen molar-refractivity contribution in [3.63, 3.8) is 0 Å². The maximum Gasteiger partial charge on any atom is 0.269 e. The molecule has 4 nitrogen and oxygen atoms in total. The first-order valence-corrected chi connectivity index (χ1v) is 8.41. The van der Waals surface area contributed by atoms with Gasteiger partial charge in [-0.3, -0.25) is 9.69 Å². The van der Waals surface area contributed by atoms with Crippen LogP contribution in [-0.4, -0.2) is 47.9 Å². The van der Waals surface area contributed by atoms with E-state index in [-0.39, 0.29) is 5.91 Å². The predicted molar refractivity (Wildman–Crippen MR) is 97.9 cm³/mol. The van der Waals surface area contributed by atoms with E-state index in [1.54, 1.807) is 19.0 Å². The van der Waals surface area contributed by atoms with Gasteiger partial charge in [-0.2, -0.15) is 0 Å². The van der Waals surface area contributed by atoms with Gasteiger partial charge in [0, 0.05) is 39.4 Å².